The summed E-state index contributed by atoms with van der Waals surface area (Å²) in [5, 5.41) is 2.62. The summed E-state index contributed by atoms with van der Waals surface area (Å²) in [5.74, 6) is -0.615. The van der Waals surface area contributed by atoms with E-state index < -0.39 is 11.2 Å². The van der Waals surface area contributed by atoms with Gasteiger partial charge in [-0.2, -0.15) is 0 Å². The third-order valence-electron chi connectivity index (χ3n) is 3.36. The van der Waals surface area contributed by atoms with Gasteiger partial charge in [-0.25, -0.2) is 4.39 Å². The smallest absolute Gasteiger partial charge is 0.231 e. The lowest BCUT2D eigenvalue weighted by Gasteiger charge is -2.39. The number of carbonyl (C=O) groups is 1. The first kappa shape index (κ1) is 12.5. The Balaban J connectivity index is 2.15. The first-order valence-electron chi connectivity index (χ1n) is 5.54. The van der Waals surface area contributed by atoms with E-state index in [9.17, 15) is 9.18 Å². The molecule has 0 aliphatic heterocycles. The Kier molecular flexibility index (Phi) is 3.49. The number of amides is 1. The van der Waals surface area contributed by atoms with Crippen molar-refractivity contribution in [3.63, 3.8) is 0 Å². The topological polar surface area (TPSA) is 55.1 Å². The molecular formula is C12H14BrFN2O. The molecule has 0 bridgehead atoms. The van der Waals surface area contributed by atoms with Crippen LogP contribution in [-0.2, 0) is 4.79 Å². The average molecular weight is 301 g/mol. The Morgan fingerprint density at radius 3 is 2.76 bits per heavy atom. The average Bonchev–Trinajstić information content (AvgIpc) is 2.23. The number of hydrogen-bond acceptors (Lipinski definition) is 2. The summed E-state index contributed by atoms with van der Waals surface area (Å²) in [6, 6.07) is 4.46. The molecule has 1 aromatic carbocycles. The maximum atomic E-state index is 13.5. The van der Waals surface area contributed by atoms with Crippen LogP contribution < -0.4 is 11.1 Å². The summed E-state index contributed by atoms with van der Waals surface area (Å²) in [6.07, 6.45) is 2.57. The number of benzene rings is 1. The van der Waals surface area contributed by atoms with E-state index in [4.69, 9.17) is 5.73 Å². The summed E-state index contributed by atoms with van der Waals surface area (Å²) in [6.45, 7) is 0.314. The van der Waals surface area contributed by atoms with Gasteiger partial charge >= 0.3 is 0 Å². The van der Waals surface area contributed by atoms with Crippen molar-refractivity contribution < 1.29 is 9.18 Å². The zero-order chi connectivity index (χ0) is 12.5. The highest BCUT2D eigenvalue weighted by Gasteiger charge is 2.42. The summed E-state index contributed by atoms with van der Waals surface area (Å²) in [7, 11) is 0. The highest BCUT2D eigenvalue weighted by atomic mass is 79.9. The van der Waals surface area contributed by atoms with E-state index in [0.717, 1.165) is 23.7 Å². The van der Waals surface area contributed by atoms with E-state index >= 15 is 0 Å². The molecule has 3 nitrogen and oxygen atoms in total. The van der Waals surface area contributed by atoms with Crippen LogP contribution >= 0.6 is 15.9 Å². The van der Waals surface area contributed by atoms with Gasteiger partial charge < -0.3 is 11.1 Å². The van der Waals surface area contributed by atoms with Gasteiger partial charge in [0.1, 0.15) is 5.82 Å². The van der Waals surface area contributed by atoms with Gasteiger partial charge in [-0.15, -0.1) is 0 Å². The van der Waals surface area contributed by atoms with E-state index in [2.05, 4.69) is 21.2 Å². The zero-order valence-electron chi connectivity index (χ0n) is 9.30. The molecule has 0 heterocycles. The molecule has 0 saturated heterocycles. The van der Waals surface area contributed by atoms with Crippen molar-refractivity contribution in [1.29, 1.82) is 0 Å². The summed E-state index contributed by atoms with van der Waals surface area (Å²) in [5.41, 5.74) is 5.33. The van der Waals surface area contributed by atoms with Crippen molar-refractivity contribution in [3.05, 3.63) is 28.5 Å². The number of halogens is 2. The fourth-order valence-corrected chi connectivity index (χ4v) is 2.34. The van der Waals surface area contributed by atoms with Crippen LogP contribution in [0.1, 0.15) is 19.3 Å². The van der Waals surface area contributed by atoms with Gasteiger partial charge in [-0.05, 0) is 31.0 Å². The zero-order valence-corrected chi connectivity index (χ0v) is 10.9. The van der Waals surface area contributed by atoms with Crippen molar-refractivity contribution in [2.75, 3.05) is 11.9 Å². The quantitative estimate of drug-likeness (QED) is 0.902. The summed E-state index contributed by atoms with van der Waals surface area (Å²) >= 11 is 3.24. The Labute approximate surface area is 108 Å². The monoisotopic (exact) mass is 300 g/mol. The molecule has 1 aliphatic rings. The van der Waals surface area contributed by atoms with Gasteiger partial charge in [-0.1, -0.05) is 22.4 Å². The normalized spacial score (nSPS) is 17.4. The van der Waals surface area contributed by atoms with Crippen LogP contribution in [0.2, 0.25) is 0 Å². The van der Waals surface area contributed by atoms with E-state index in [-0.39, 0.29) is 11.6 Å². The second kappa shape index (κ2) is 4.74. The fourth-order valence-electron chi connectivity index (χ4n) is 1.98. The minimum Gasteiger partial charge on any atom is -0.329 e. The maximum Gasteiger partial charge on any atom is 0.231 e. The van der Waals surface area contributed by atoms with Gasteiger partial charge in [-0.3, -0.25) is 4.79 Å². The molecule has 92 valence electrons. The van der Waals surface area contributed by atoms with E-state index in [0.29, 0.717) is 6.54 Å². The molecule has 1 aromatic rings. The second-order valence-corrected chi connectivity index (χ2v) is 5.33. The molecule has 3 N–H and O–H groups in total. The molecule has 17 heavy (non-hydrogen) atoms. The van der Waals surface area contributed by atoms with Crippen LogP contribution in [0.5, 0.6) is 0 Å². The second-order valence-electron chi connectivity index (χ2n) is 4.42. The Morgan fingerprint density at radius 2 is 2.24 bits per heavy atom. The molecule has 0 atom stereocenters. The lowest BCUT2D eigenvalue weighted by atomic mass is 9.68. The molecule has 0 aromatic heterocycles. The summed E-state index contributed by atoms with van der Waals surface area (Å²) < 4.78 is 14.2. The summed E-state index contributed by atoms with van der Waals surface area (Å²) in [4.78, 5) is 12.0. The number of hydrogen-bond donors (Lipinski definition) is 2. The Morgan fingerprint density at radius 1 is 1.53 bits per heavy atom. The molecule has 1 saturated carbocycles. The molecule has 2 rings (SSSR count). The first-order chi connectivity index (χ1) is 8.07. The Bertz CT molecular complexity index is 441. The van der Waals surface area contributed by atoms with Crippen molar-refractivity contribution >= 4 is 27.5 Å². The van der Waals surface area contributed by atoms with Crippen molar-refractivity contribution in [2.24, 2.45) is 11.1 Å². The molecule has 5 heteroatoms. The third kappa shape index (κ3) is 2.35. The number of nitrogens with two attached hydrogens (primary N) is 1. The number of rotatable bonds is 3. The predicted molar refractivity (Wildman–Crippen MR) is 68.1 cm³/mol. The predicted octanol–water partition coefficient (Wildman–Crippen LogP) is 2.66. The van der Waals surface area contributed by atoms with Gasteiger partial charge in [0, 0.05) is 11.0 Å². The minimum absolute atomic E-state index is 0.178. The molecule has 0 spiro atoms. The van der Waals surface area contributed by atoms with Crippen molar-refractivity contribution in [3.8, 4) is 0 Å². The number of anilines is 1. The highest BCUT2D eigenvalue weighted by Crippen LogP contribution is 2.41. The van der Waals surface area contributed by atoms with Gasteiger partial charge in [0.05, 0.1) is 11.1 Å². The minimum atomic E-state index is -0.491. The van der Waals surface area contributed by atoms with Gasteiger partial charge in [0.25, 0.3) is 0 Å². The molecule has 1 amide bonds. The largest absolute Gasteiger partial charge is 0.329 e. The van der Waals surface area contributed by atoms with E-state index in [1.54, 1.807) is 12.1 Å². The molecule has 0 unspecified atom stereocenters. The van der Waals surface area contributed by atoms with Crippen molar-refractivity contribution in [1.82, 2.24) is 0 Å². The lowest BCUT2D eigenvalue weighted by Crippen LogP contribution is -2.47. The number of carbonyl (C=O) groups excluding carboxylic acids is 1. The van der Waals surface area contributed by atoms with Crippen LogP contribution in [-0.4, -0.2) is 12.5 Å². The third-order valence-corrected chi connectivity index (χ3v) is 3.85. The van der Waals surface area contributed by atoms with Crippen LogP contribution in [0.15, 0.2) is 22.7 Å². The van der Waals surface area contributed by atoms with E-state index in [1.807, 2.05) is 0 Å². The number of nitrogens with one attached hydrogen (secondary N) is 1. The van der Waals surface area contributed by atoms with Gasteiger partial charge in [0.15, 0.2) is 0 Å². The van der Waals surface area contributed by atoms with Crippen LogP contribution in [0.4, 0.5) is 10.1 Å². The Hall–Kier alpha value is -0.940. The molecule has 1 aliphatic carbocycles. The van der Waals surface area contributed by atoms with Crippen LogP contribution in [0, 0.1) is 11.2 Å². The SMILES string of the molecule is NCC1(C(=O)Nc2cc(Br)ccc2F)CCC1. The highest BCUT2D eigenvalue weighted by molar-refractivity contribution is 9.10. The first-order valence-corrected chi connectivity index (χ1v) is 6.33. The van der Waals surface area contributed by atoms with Gasteiger partial charge in [0.2, 0.25) is 5.91 Å². The van der Waals surface area contributed by atoms with E-state index in [1.165, 1.54) is 6.07 Å². The molecule has 0 radical (unpaired) electrons. The molecular weight excluding hydrogens is 287 g/mol. The fraction of sp³-hybridized carbons (Fsp3) is 0.417. The van der Waals surface area contributed by atoms with Crippen molar-refractivity contribution in [2.45, 2.75) is 19.3 Å². The molecule has 1 fully saturated rings. The van der Waals surface area contributed by atoms with Crippen LogP contribution in [0.25, 0.3) is 0 Å². The lowest BCUT2D eigenvalue weighted by molar-refractivity contribution is -0.129. The van der Waals surface area contributed by atoms with Crippen LogP contribution in [0.3, 0.4) is 0 Å². The maximum absolute atomic E-state index is 13.5. The standard InChI is InChI=1S/C12H14BrFN2O/c13-8-2-3-9(14)10(6-8)16-11(17)12(7-15)4-1-5-12/h2-3,6H,1,4-5,7,15H2,(H,16,17).